The number of hydrogen-bond acceptors (Lipinski definition) is 2. The van der Waals surface area contributed by atoms with Crippen LogP contribution in [0.25, 0.3) is 0 Å². The Bertz CT molecular complexity index is 592. The predicted octanol–water partition coefficient (Wildman–Crippen LogP) is 5.71. The average molecular weight is 406 g/mol. The Morgan fingerprint density at radius 3 is 2.76 bits per heavy atom. The van der Waals surface area contributed by atoms with E-state index in [1.807, 2.05) is 0 Å². The molecular weight excluding hydrogens is 374 g/mol. The van der Waals surface area contributed by atoms with Crippen LogP contribution in [0.15, 0.2) is 22.7 Å². The van der Waals surface area contributed by atoms with Crippen molar-refractivity contribution in [1.82, 2.24) is 4.90 Å². The number of halogens is 1. The lowest BCUT2D eigenvalue weighted by atomic mass is 9.79. The summed E-state index contributed by atoms with van der Waals surface area (Å²) in [4.78, 5) is 2.69. The molecule has 0 bridgehead atoms. The molecule has 2 aliphatic carbocycles. The summed E-state index contributed by atoms with van der Waals surface area (Å²) in [7, 11) is 0. The zero-order valence-electron chi connectivity index (χ0n) is 15.6. The van der Waals surface area contributed by atoms with Crippen LogP contribution in [0.4, 0.5) is 0 Å². The summed E-state index contributed by atoms with van der Waals surface area (Å²) in [6, 6.07) is 6.79. The smallest absolute Gasteiger partial charge is 0.0702 e. The van der Waals surface area contributed by atoms with Crippen LogP contribution in [-0.2, 0) is 11.3 Å². The molecule has 3 fully saturated rings. The lowest BCUT2D eigenvalue weighted by Crippen LogP contribution is -2.37. The minimum atomic E-state index is 0.447. The van der Waals surface area contributed by atoms with Gasteiger partial charge in [-0.15, -0.1) is 0 Å². The van der Waals surface area contributed by atoms with Crippen LogP contribution in [0.3, 0.4) is 0 Å². The summed E-state index contributed by atoms with van der Waals surface area (Å²) in [5.41, 5.74) is 3.51. The van der Waals surface area contributed by atoms with E-state index >= 15 is 0 Å². The van der Waals surface area contributed by atoms with E-state index in [2.05, 4.69) is 46.0 Å². The van der Waals surface area contributed by atoms with Gasteiger partial charge >= 0.3 is 0 Å². The van der Waals surface area contributed by atoms with Crippen molar-refractivity contribution in [3.63, 3.8) is 0 Å². The zero-order chi connectivity index (χ0) is 17.3. The number of aryl methyl sites for hydroxylation is 1. The summed E-state index contributed by atoms with van der Waals surface area (Å²) in [6.07, 6.45) is 11.8. The van der Waals surface area contributed by atoms with E-state index in [1.165, 1.54) is 73.5 Å². The molecule has 3 aliphatic rings. The maximum Gasteiger partial charge on any atom is 0.0702 e. The standard InChI is InChI=1S/C22H32BrNO/c1-17-6-7-19(21(23)12-17)15-24(16-20-5-3-11-25-20)14-18-4-2-8-22(13-18)9-10-22/h6-7,12,18,20H,2-5,8-11,13-16H2,1H3. The van der Waals surface area contributed by atoms with Crippen molar-refractivity contribution in [2.45, 2.75) is 70.9 Å². The Kier molecular flexibility index (Phi) is 5.54. The zero-order valence-corrected chi connectivity index (χ0v) is 17.2. The van der Waals surface area contributed by atoms with Gasteiger partial charge in [0, 0.05) is 30.7 Å². The molecule has 1 aromatic carbocycles. The third-order valence-corrected chi connectivity index (χ3v) is 7.34. The van der Waals surface area contributed by atoms with E-state index in [0.717, 1.165) is 31.0 Å². The van der Waals surface area contributed by atoms with Crippen molar-refractivity contribution in [3.05, 3.63) is 33.8 Å². The Labute approximate surface area is 161 Å². The number of rotatable bonds is 6. The molecule has 1 spiro atoms. The van der Waals surface area contributed by atoms with Crippen LogP contribution >= 0.6 is 15.9 Å². The third kappa shape index (κ3) is 4.67. The van der Waals surface area contributed by atoms with Crippen LogP contribution in [-0.4, -0.2) is 30.7 Å². The molecular formula is C22H32BrNO. The fourth-order valence-corrected chi connectivity index (χ4v) is 5.65. The fourth-order valence-electron chi connectivity index (χ4n) is 5.04. The normalized spacial score (nSPS) is 28.0. The van der Waals surface area contributed by atoms with Crippen molar-refractivity contribution in [2.75, 3.05) is 19.7 Å². The summed E-state index contributed by atoms with van der Waals surface area (Å²) in [5.74, 6) is 0.891. The fraction of sp³-hybridized carbons (Fsp3) is 0.727. The van der Waals surface area contributed by atoms with E-state index in [-0.39, 0.29) is 0 Å². The second-order valence-corrected chi connectivity index (χ2v) is 9.74. The average Bonchev–Trinajstić information content (AvgIpc) is 3.11. The molecule has 1 saturated heterocycles. The van der Waals surface area contributed by atoms with Crippen LogP contribution in [0, 0.1) is 18.3 Å². The highest BCUT2D eigenvalue weighted by atomic mass is 79.9. The van der Waals surface area contributed by atoms with Crippen molar-refractivity contribution in [3.8, 4) is 0 Å². The van der Waals surface area contributed by atoms with Gasteiger partial charge in [-0.3, -0.25) is 4.90 Å². The van der Waals surface area contributed by atoms with Gasteiger partial charge in [-0.05, 0) is 80.4 Å². The Hall–Kier alpha value is -0.380. The largest absolute Gasteiger partial charge is 0.377 e. The predicted molar refractivity (Wildman–Crippen MR) is 107 cm³/mol. The maximum absolute atomic E-state index is 5.96. The van der Waals surface area contributed by atoms with Gasteiger partial charge in [-0.1, -0.05) is 34.5 Å². The van der Waals surface area contributed by atoms with Crippen molar-refractivity contribution < 1.29 is 4.74 Å². The second kappa shape index (κ2) is 7.70. The monoisotopic (exact) mass is 405 g/mol. The lowest BCUT2D eigenvalue weighted by Gasteiger charge is -2.34. The first kappa shape index (κ1) is 18.0. The molecule has 0 aromatic heterocycles. The summed E-state index contributed by atoms with van der Waals surface area (Å²) < 4.78 is 7.22. The number of nitrogens with zero attached hydrogens (tertiary/aromatic N) is 1. The molecule has 2 atom stereocenters. The minimum Gasteiger partial charge on any atom is -0.377 e. The first-order valence-electron chi connectivity index (χ1n) is 10.2. The van der Waals surface area contributed by atoms with Gasteiger partial charge in [0.05, 0.1) is 6.10 Å². The highest BCUT2D eigenvalue weighted by molar-refractivity contribution is 9.10. The molecule has 2 saturated carbocycles. The first-order chi connectivity index (χ1) is 12.1. The van der Waals surface area contributed by atoms with E-state index < -0.39 is 0 Å². The van der Waals surface area contributed by atoms with Gasteiger partial charge in [0.15, 0.2) is 0 Å². The van der Waals surface area contributed by atoms with Crippen LogP contribution in [0.1, 0.15) is 62.5 Å². The van der Waals surface area contributed by atoms with E-state index in [0.29, 0.717) is 6.10 Å². The molecule has 138 valence electrons. The number of benzene rings is 1. The SMILES string of the molecule is Cc1ccc(CN(CC2CCCC3(CC3)C2)CC2CCCO2)c(Br)c1. The highest BCUT2D eigenvalue weighted by Crippen LogP contribution is 2.57. The Morgan fingerprint density at radius 2 is 2.04 bits per heavy atom. The van der Waals surface area contributed by atoms with Crippen LogP contribution < -0.4 is 0 Å². The Balaban J connectivity index is 1.43. The van der Waals surface area contributed by atoms with E-state index in [9.17, 15) is 0 Å². The molecule has 0 N–H and O–H groups in total. The molecule has 25 heavy (non-hydrogen) atoms. The van der Waals surface area contributed by atoms with Crippen molar-refractivity contribution >= 4 is 15.9 Å². The van der Waals surface area contributed by atoms with Gasteiger partial charge in [-0.2, -0.15) is 0 Å². The molecule has 0 amide bonds. The van der Waals surface area contributed by atoms with Crippen LogP contribution in [0.2, 0.25) is 0 Å². The molecule has 3 heteroatoms. The number of ether oxygens (including phenoxy) is 1. The Morgan fingerprint density at radius 1 is 1.16 bits per heavy atom. The molecule has 2 unspecified atom stereocenters. The second-order valence-electron chi connectivity index (χ2n) is 8.89. The van der Waals surface area contributed by atoms with Gasteiger partial charge in [-0.25, -0.2) is 0 Å². The highest BCUT2D eigenvalue weighted by Gasteiger charge is 2.45. The summed E-state index contributed by atoms with van der Waals surface area (Å²) in [5, 5.41) is 0. The topological polar surface area (TPSA) is 12.5 Å². The molecule has 0 radical (unpaired) electrons. The molecule has 1 aromatic rings. The number of hydrogen-bond donors (Lipinski definition) is 0. The van der Waals surface area contributed by atoms with Gasteiger partial charge < -0.3 is 4.74 Å². The van der Waals surface area contributed by atoms with Gasteiger partial charge in [0.2, 0.25) is 0 Å². The summed E-state index contributed by atoms with van der Waals surface area (Å²) in [6.45, 7) is 6.52. The van der Waals surface area contributed by atoms with Gasteiger partial charge in [0.25, 0.3) is 0 Å². The molecule has 1 heterocycles. The van der Waals surface area contributed by atoms with Gasteiger partial charge in [0.1, 0.15) is 0 Å². The lowest BCUT2D eigenvalue weighted by molar-refractivity contribution is 0.0583. The summed E-state index contributed by atoms with van der Waals surface area (Å²) >= 11 is 3.78. The van der Waals surface area contributed by atoms with E-state index in [1.54, 1.807) is 0 Å². The maximum atomic E-state index is 5.96. The first-order valence-corrected chi connectivity index (χ1v) is 11.0. The third-order valence-electron chi connectivity index (χ3n) is 6.60. The minimum absolute atomic E-state index is 0.447. The molecule has 4 rings (SSSR count). The van der Waals surface area contributed by atoms with Crippen molar-refractivity contribution in [1.29, 1.82) is 0 Å². The van der Waals surface area contributed by atoms with Crippen LogP contribution in [0.5, 0.6) is 0 Å². The molecule has 1 aliphatic heterocycles. The van der Waals surface area contributed by atoms with E-state index in [4.69, 9.17) is 4.74 Å². The van der Waals surface area contributed by atoms with Crippen molar-refractivity contribution in [2.24, 2.45) is 11.3 Å². The molecule has 2 nitrogen and oxygen atoms in total. The quantitative estimate of drug-likeness (QED) is 0.600.